The van der Waals surface area contributed by atoms with Crippen LogP contribution in [-0.2, 0) is 11.3 Å². The Morgan fingerprint density at radius 2 is 2.00 bits per heavy atom. The van der Waals surface area contributed by atoms with E-state index in [9.17, 15) is 4.79 Å². The number of amides is 1. The van der Waals surface area contributed by atoms with Gasteiger partial charge in [-0.25, -0.2) is 0 Å². The predicted octanol–water partition coefficient (Wildman–Crippen LogP) is 3.88. The average molecular weight is 335 g/mol. The summed E-state index contributed by atoms with van der Waals surface area (Å²) in [6, 6.07) is 9.86. The van der Waals surface area contributed by atoms with Crippen LogP contribution in [0.15, 0.2) is 65.9 Å². The summed E-state index contributed by atoms with van der Waals surface area (Å²) in [5.41, 5.74) is 3.15. The van der Waals surface area contributed by atoms with Crippen LogP contribution >= 0.6 is 11.3 Å². The fourth-order valence-electron chi connectivity index (χ4n) is 3.01. The summed E-state index contributed by atoms with van der Waals surface area (Å²) >= 11 is 1.65. The molecule has 3 aromatic heterocycles. The van der Waals surface area contributed by atoms with Crippen molar-refractivity contribution in [2.24, 2.45) is 5.92 Å². The van der Waals surface area contributed by atoms with E-state index in [1.54, 1.807) is 29.9 Å². The van der Waals surface area contributed by atoms with Crippen molar-refractivity contribution >= 4 is 22.9 Å². The summed E-state index contributed by atoms with van der Waals surface area (Å²) in [4.78, 5) is 23.3. The van der Waals surface area contributed by atoms with Crippen LogP contribution in [0.3, 0.4) is 0 Å². The Kier molecular flexibility index (Phi) is 4.09. The number of pyridine rings is 2. The van der Waals surface area contributed by atoms with Gasteiger partial charge in [0, 0.05) is 24.5 Å². The second kappa shape index (κ2) is 6.53. The summed E-state index contributed by atoms with van der Waals surface area (Å²) in [6.07, 6.45) is 8.01. The highest BCUT2D eigenvalue weighted by atomic mass is 32.1. The lowest BCUT2D eigenvalue weighted by Gasteiger charge is -2.22. The lowest BCUT2D eigenvalue weighted by molar-refractivity contribution is -0.120. The summed E-state index contributed by atoms with van der Waals surface area (Å²) in [5.74, 6) is 0.490. The molecular formula is C19H17N3OS. The molecule has 120 valence electrons. The number of hydrogen-bond acceptors (Lipinski definition) is 4. The Morgan fingerprint density at radius 1 is 1.17 bits per heavy atom. The first-order valence-electron chi connectivity index (χ1n) is 7.95. The minimum atomic E-state index is 0.0352. The topological polar surface area (TPSA) is 46.1 Å². The number of nitrogens with zero attached hydrogens (tertiary/aromatic N) is 3. The molecule has 1 fully saturated rings. The van der Waals surface area contributed by atoms with Gasteiger partial charge in [-0.2, -0.15) is 11.3 Å². The SMILES string of the molecule is O=C([C@H]1C[C@H]1c1cccnc1)N(Cc1ccsc1)c1cccnc1. The second-order valence-corrected chi connectivity index (χ2v) is 6.78. The van der Waals surface area contributed by atoms with E-state index in [0.29, 0.717) is 6.54 Å². The molecular weight excluding hydrogens is 318 g/mol. The maximum absolute atomic E-state index is 13.1. The lowest BCUT2D eigenvalue weighted by atomic mass is 10.1. The van der Waals surface area contributed by atoms with Gasteiger partial charge in [0.1, 0.15) is 0 Å². The van der Waals surface area contributed by atoms with Crippen LogP contribution < -0.4 is 4.90 Å². The van der Waals surface area contributed by atoms with Crippen LogP contribution in [0.5, 0.6) is 0 Å². The monoisotopic (exact) mass is 335 g/mol. The van der Waals surface area contributed by atoms with Crippen molar-refractivity contribution in [2.45, 2.75) is 18.9 Å². The third-order valence-corrected chi connectivity index (χ3v) is 5.10. The number of anilines is 1. The standard InChI is InChI=1S/C19H17N3OS/c23-19(18-9-17(18)15-3-1-6-20-10-15)22(12-14-5-8-24-13-14)16-4-2-7-21-11-16/h1-8,10-11,13,17-18H,9,12H2/t17-,18-/m0/s1. The minimum Gasteiger partial charge on any atom is -0.306 e. The Hall–Kier alpha value is -2.53. The summed E-state index contributed by atoms with van der Waals surface area (Å²) in [5, 5.41) is 4.12. The number of rotatable bonds is 5. The second-order valence-electron chi connectivity index (χ2n) is 6.00. The fraction of sp³-hybridized carbons (Fsp3) is 0.211. The largest absolute Gasteiger partial charge is 0.306 e. The first-order valence-corrected chi connectivity index (χ1v) is 8.89. The Morgan fingerprint density at radius 3 is 2.67 bits per heavy atom. The van der Waals surface area contributed by atoms with Crippen LogP contribution in [-0.4, -0.2) is 15.9 Å². The number of carbonyl (C=O) groups is 1. The highest BCUT2D eigenvalue weighted by Crippen LogP contribution is 2.48. The van der Waals surface area contributed by atoms with Crippen molar-refractivity contribution < 1.29 is 4.79 Å². The molecule has 1 amide bonds. The Bertz CT molecular complexity index is 805. The maximum Gasteiger partial charge on any atom is 0.231 e. The lowest BCUT2D eigenvalue weighted by Crippen LogP contribution is -2.32. The fourth-order valence-corrected chi connectivity index (χ4v) is 3.67. The molecule has 0 unspecified atom stereocenters. The Labute approximate surface area is 144 Å². The van der Waals surface area contributed by atoms with Crippen LogP contribution in [0.1, 0.15) is 23.5 Å². The van der Waals surface area contributed by atoms with Gasteiger partial charge >= 0.3 is 0 Å². The van der Waals surface area contributed by atoms with Crippen LogP contribution in [0.4, 0.5) is 5.69 Å². The van der Waals surface area contributed by atoms with Crippen molar-refractivity contribution in [1.29, 1.82) is 0 Å². The average Bonchev–Trinajstić information content (AvgIpc) is 3.28. The molecule has 0 N–H and O–H groups in total. The first kappa shape index (κ1) is 15.0. The zero-order valence-electron chi connectivity index (χ0n) is 13.1. The molecule has 0 aliphatic heterocycles. The van der Waals surface area contributed by atoms with Crippen LogP contribution in [0, 0.1) is 5.92 Å². The molecule has 0 saturated heterocycles. The van der Waals surface area contributed by atoms with Gasteiger partial charge in [0.2, 0.25) is 5.91 Å². The molecule has 5 heteroatoms. The molecule has 4 nitrogen and oxygen atoms in total. The quantitative estimate of drug-likeness (QED) is 0.711. The molecule has 3 heterocycles. The van der Waals surface area contributed by atoms with Crippen LogP contribution in [0.2, 0.25) is 0 Å². The van der Waals surface area contributed by atoms with Gasteiger partial charge in [0.05, 0.1) is 18.4 Å². The molecule has 0 spiro atoms. The number of hydrogen-bond donors (Lipinski definition) is 0. The van der Waals surface area contributed by atoms with Gasteiger partial charge in [-0.1, -0.05) is 6.07 Å². The molecule has 0 aromatic carbocycles. The van der Waals surface area contributed by atoms with Gasteiger partial charge < -0.3 is 4.90 Å². The van der Waals surface area contributed by atoms with E-state index in [1.807, 2.05) is 34.7 Å². The molecule has 0 bridgehead atoms. The minimum absolute atomic E-state index is 0.0352. The highest BCUT2D eigenvalue weighted by Gasteiger charge is 2.46. The van der Waals surface area contributed by atoms with Crippen molar-refractivity contribution in [1.82, 2.24) is 9.97 Å². The van der Waals surface area contributed by atoms with Gasteiger partial charge in [-0.3, -0.25) is 14.8 Å². The van der Waals surface area contributed by atoms with E-state index in [4.69, 9.17) is 0 Å². The van der Waals surface area contributed by atoms with E-state index in [1.165, 1.54) is 0 Å². The van der Waals surface area contributed by atoms with Crippen molar-refractivity contribution in [2.75, 3.05) is 4.90 Å². The molecule has 3 aromatic rings. The predicted molar refractivity (Wildman–Crippen MR) is 94.8 cm³/mol. The smallest absolute Gasteiger partial charge is 0.231 e. The molecule has 0 radical (unpaired) electrons. The molecule has 1 aliphatic carbocycles. The van der Waals surface area contributed by atoms with Gasteiger partial charge in [0.15, 0.2) is 0 Å². The van der Waals surface area contributed by atoms with Crippen molar-refractivity contribution in [3.8, 4) is 0 Å². The van der Waals surface area contributed by atoms with E-state index in [-0.39, 0.29) is 17.7 Å². The molecule has 1 aliphatic rings. The molecule has 2 atom stereocenters. The van der Waals surface area contributed by atoms with E-state index in [0.717, 1.165) is 23.2 Å². The maximum atomic E-state index is 13.1. The third kappa shape index (κ3) is 3.08. The summed E-state index contributed by atoms with van der Waals surface area (Å²) < 4.78 is 0. The number of carbonyl (C=O) groups excluding carboxylic acids is 1. The van der Waals surface area contributed by atoms with E-state index in [2.05, 4.69) is 27.5 Å². The zero-order chi connectivity index (χ0) is 16.4. The normalized spacial score (nSPS) is 19.0. The highest BCUT2D eigenvalue weighted by molar-refractivity contribution is 7.07. The van der Waals surface area contributed by atoms with Crippen molar-refractivity contribution in [3.63, 3.8) is 0 Å². The number of thiophene rings is 1. The Balaban J connectivity index is 1.56. The molecule has 1 saturated carbocycles. The zero-order valence-corrected chi connectivity index (χ0v) is 13.9. The van der Waals surface area contributed by atoms with Crippen LogP contribution in [0.25, 0.3) is 0 Å². The van der Waals surface area contributed by atoms with E-state index < -0.39 is 0 Å². The van der Waals surface area contributed by atoms with Gasteiger partial charge in [-0.15, -0.1) is 0 Å². The summed E-state index contributed by atoms with van der Waals surface area (Å²) in [6.45, 7) is 0.588. The third-order valence-electron chi connectivity index (χ3n) is 4.36. The first-order chi connectivity index (χ1) is 11.8. The number of aromatic nitrogens is 2. The van der Waals surface area contributed by atoms with E-state index >= 15 is 0 Å². The van der Waals surface area contributed by atoms with Crippen molar-refractivity contribution in [3.05, 3.63) is 77.0 Å². The van der Waals surface area contributed by atoms with Gasteiger partial charge in [0.25, 0.3) is 0 Å². The molecule has 24 heavy (non-hydrogen) atoms. The summed E-state index contributed by atoms with van der Waals surface area (Å²) in [7, 11) is 0. The van der Waals surface area contributed by atoms with Gasteiger partial charge in [-0.05, 0) is 58.5 Å². The molecule has 4 rings (SSSR count).